The van der Waals surface area contributed by atoms with Gasteiger partial charge in [0.15, 0.2) is 0 Å². The van der Waals surface area contributed by atoms with E-state index < -0.39 is 0 Å². The van der Waals surface area contributed by atoms with Gasteiger partial charge in [0.1, 0.15) is 0 Å². The summed E-state index contributed by atoms with van der Waals surface area (Å²) in [7, 11) is 1.74. The highest BCUT2D eigenvalue weighted by Gasteiger charge is 2.17. The van der Waals surface area contributed by atoms with E-state index >= 15 is 0 Å². The van der Waals surface area contributed by atoms with Gasteiger partial charge in [0.05, 0.1) is 12.6 Å². The van der Waals surface area contributed by atoms with E-state index in [1.807, 2.05) is 37.3 Å². The fraction of sp³-hybridized carbons (Fsp3) is 0.611. The average Bonchev–Trinajstić information content (AvgIpc) is 2.59. The Morgan fingerprint density at radius 3 is 2.35 bits per heavy atom. The molecule has 0 radical (unpaired) electrons. The number of nitrogens with zero attached hydrogens (tertiary/aromatic N) is 2. The first-order valence-corrected chi connectivity index (χ1v) is 8.47. The molecule has 1 fully saturated rings. The summed E-state index contributed by atoms with van der Waals surface area (Å²) in [6.07, 6.45) is 0.565. The van der Waals surface area contributed by atoms with Gasteiger partial charge >= 0.3 is 0 Å². The third kappa shape index (κ3) is 6.29. The SMILES string of the molecule is COCCN1CCN(CCC(=O)N[C@H](C)c2ccccc2)CC1. The summed E-state index contributed by atoms with van der Waals surface area (Å²) in [6.45, 7) is 8.85. The number of amides is 1. The van der Waals surface area contributed by atoms with Gasteiger partial charge in [-0.1, -0.05) is 30.3 Å². The number of nitrogens with one attached hydrogen (secondary N) is 1. The summed E-state index contributed by atoms with van der Waals surface area (Å²) >= 11 is 0. The molecule has 1 heterocycles. The molecule has 0 unspecified atom stereocenters. The number of ether oxygens (including phenoxy) is 1. The Labute approximate surface area is 139 Å². The molecule has 1 aliphatic heterocycles. The highest BCUT2D eigenvalue weighted by molar-refractivity contribution is 5.76. The zero-order valence-electron chi connectivity index (χ0n) is 14.3. The summed E-state index contributed by atoms with van der Waals surface area (Å²) < 4.78 is 5.12. The van der Waals surface area contributed by atoms with Crippen molar-refractivity contribution in [3.05, 3.63) is 35.9 Å². The summed E-state index contributed by atoms with van der Waals surface area (Å²) in [4.78, 5) is 16.9. The minimum absolute atomic E-state index is 0.0644. The van der Waals surface area contributed by atoms with Crippen molar-refractivity contribution in [2.24, 2.45) is 0 Å². The molecule has 128 valence electrons. The number of carbonyl (C=O) groups is 1. The van der Waals surface area contributed by atoms with Crippen LogP contribution in [0.5, 0.6) is 0 Å². The molecule has 0 saturated carbocycles. The van der Waals surface area contributed by atoms with Crippen LogP contribution in [0.4, 0.5) is 0 Å². The minimum Gasteiger partial charge on any atom is -0.383 e. The van der Waals surface area contributed by atoms with Gasteiger partial charge in [0.2, 0.25) is 5.91 Å². The van der Waals surface area contributed by atoms with Crippen LogP contribution < -0.4 is 5.32 Å². The summed E-state index contributed by atoms with van der Waals surface area (Å²) in [6, 6.07) is 10.1. The van der Waals surface area contributed by atoms with E-state index in [2.05, 4.69) is 15.1 Å². The van der Waals surface area contributed by atoms with E-state index in [4.69, 9.17) is 4.74 Å². The van der Waals surface area contributed by atoms with Crippen LogP contribution in [0.2, 0.25) is 0 Å². The lowest BCUT2D eigenvalue weighted by molar-refractivity contribution is -0.122. The topological polar surface area (TPSA) is 44.8 Å². The van der Waals surface area contributed by atoms with Crippen LogP contribution in [0.15, 0.2) is 30.3 Å². The Hall–Kier alpha value is -1.43. The lowest BCUT2D eigenvalue weighted by Gasteiger charge is -2.34. The average molecular weight is 319 g/mol. The molecule has 0 aliphatic carbocycles. The molecular weight excluding hydrogens is 290 g/mol. The third-order valence-electron chi connectivity index (χ3n) is 4.41. The van der Waals surface area contributed by atoms with Crippen LogP contribution in [-0.4, -0.2) is 68.7 Å². The first-order chi connectivity index (χ1) is 11.2. The number of carbonyl (C=O) groups excluding carboxylic acids is 1. The van der Waals surface area contributed by atoms with Crippen LogP contribution >= 0.6 is 0 Å². The number of rotatable bonds is 8. The lowest BCUT2D eigenvalue weighted by Crippen LogP contribution is -2.48. The van der Waals surface area contributed by atoms with Crippen molar-refractivity contribution >= 4 is 5.91 Å². The molecule has 23 heavy (non-hydrogen) atoms. The van der Waals surface area contributed by atoms with Crippen molar-refractivity contribution in [3.8, 4) is 0 Å². The van der Waals surface area contributed by atoms with Crippen LogP contribution in [0, 0.1) is 0 Å². The van der Waals surface area contributed by atoms with E-state index in [1.165, 1.54) is 0 Å². The van der Waals surface area contributed by atoms with Gasteiger partial charge in [-0.2, -0.15) is 0 Å². The lowest BCUT2D eigenvalue weighted by atomic mass is 10.1. The Morgan fingerprint density at radius 2 is 1.74 bits per heavy atom. The van der Waals surface area contributed by atoms with E-state index in [0.29, 0.717) is 6.42 Å². The van der Waals surface area contributed by atoms with Gasteiger partial charge in [-0.25, -0.2) is 0 Å². The Kier molecular flexibility index (Phi) is 7.52. The highest BCUT2D eigenvalue weighted by Crippen LogP contribution is 2.11. The maximum Gasteiger partial charge on any atom is 0.221 e. The van der Waals surface area contributed by atoms with Crippen LogP contribution in [0.3, 0.4) is 0 Å². The first-order valence-electron chi connectivity index (χ1n) is 8.47. The molecule has 1 aliphatic rings. The monoisotopic (exact) mass is 319 g/mol. The predicted octanol–water partition coefficient (Wildman–Crippen LogP) is 1.52. The van der Waals surface area contributed by atoms with Crippen molar-refractivity contribution < 1.29 is 9.53 Å². The van der Waals surface area contributed by atoms with Gasteiger partial charge in [0, 0.05) is 52.8 Å². The van der Waals surface area contributed by atoms with Crippen LogP contribution in [0.1, 0.15) is 24.9 Å². The molecule has 1 N–H and O–H groups in total. The van der Waals surface area contributed by atoms with Gasteiger partial charge in [0.25, 0.3) is 0 Å². The van der Waals surface area contributed by atoms with Crippen molar-refractivity contribution in [1.82, 2.24) is 15.1 Å². The molecule has 1 aromatic rings. The molecule has 1 saturated heterocycles. The summed E-state index contributed by atoms with van der Waals surface area (Å²) in [5, 5.41) is 3.08. The fourth-order valence-corrected chi connectivity index (χ4v) is 2.86. The Morgan fingerprint density at radius 1 is 1.13 bits per heavy atom. The third-order valence-corrected chi connectivity index (χ3v) is 4.41. The first kappa shape index (κ1) is 17.9. The van der Waals surface area contributed by atoms with Gasteiger partial charge in [-0.3, -0.25) is 9.69 Å². The smallest absolute Gasteiger partial charge is 0.221 e. The van der Waals surface area contributed by atoms with Crippen LogP contribution in [-0.2, 0) is 9.53 Å². The minimum atomic E-state index is 0.0644. The number of piperazine rings is 1. The van der Waals surface area contributed by atoms with Crippen molar-refractivity contribution in [2.45, 2.75) is 19.4 Å². The van der Waals surface area contributed by atoms with Crippen molar-refractivity contribution in [2.75, 3.05) is 53.0 Å². The molecule has 0 aromatic heterocycles. The number of methoxy groups -OCH3 is 1. The molecule has 1 amide bonds. The molecule has 5 nitrogen and oxygen atoms in total. The van der Waals surface area contributed by atoms with Gasteiger partial charge < -0.3 is 15.0 Å². The Bertz CT molecular complexity index is 459. The quantitative estimate of drug-likeness (QED) is 0.789. The van der Waals surface area contributed by atoms with Gasteiger partial charge in [-0.05, 0) is 12.5 Å². The molecule has 5 heteroatoms. The van der Waals surface area contributed by atoms with Crippen molar-refractivity contribution in [3.63, 3.8) is 0 Å². The number of hydrogen-bond acceptors (Lipinski definition) is 4. The molecule has 2 rings (SSSR count). The summed E-state index contributed by atoms with van der Waals surface area (Å²) in [5.74, 6) is 0.128. The summed E-state index contributed by atoms with van der Waals surface area (Å²) in [5.41, 5.74) is 1.15. The molecular formula is C18H29N3O2. The second kappa shape index (κ2) is 9.65. The standard InChI is InChI=1S/C18H29N3O2/c1-16(17-6-4-3-5-7-17)19-18(22)8-9-20-10-12-21(13-11-20)14-15-23-2/h3-7,16H,8-15H2,1-2H3,(H,19,22)/t16-/m1/s1. The number of hydrogen-bond donors (Lipinski definition) is 1. The normalized spacial score (nSPS) is 17.8. The zero-order chi connectivity index (χ0) is 16.5. The van der Waals surface area contributed by atoms with E-state index in [-0.39, 0.29) is 11.9 Å². The second-order valence-electron chi connectivity index (χ2n) is 6.13. The maximum atomic E-state index is 12.1. The number of benzene rings is 1. The molecule has 0 bridgehead atoms. The van der Waals surface area contributed by atoms with E-state index in [1.54, 1.807) is 7.11 Å². The molecule has 1 atom stereocenters. The second-order valence-corrected chi connectivity index (χ2v) is 6.13. The van der Waals surface area contributed by atoms with Crippen LogP contribution in [0.25, 0.3) is 0 Å². The Balaban J connectivity index is 1.63. The van der Waals surface area contributed by atoms with E-state index in [9.17, 15) is 4.79 Å². The maximum absolute atomic E-state index is 12.1. The van der Waals surface area contributed by atoms with E-state index in [0.717, 1.165) is 51.4 Å². The fourth-order valence-electron chi connectivity index (χ4n) is 2.86. The highest BCUT2D eigenvalue weighted by atomic mass is 16.5. The van der Waals surface area contributed by atoms with Crippen molar-refractivity contribution in [1.29, 1.82) is 0 Å². The predicted molar refractivity (Wildman–Crippen MR) is 92.4 cm³/mol. The largest absolute Gasteiger partial charge is 0.383 e. The molecule has 1 aromatic carbocycles. The molecule has 0 spiro atoms. The zero-order valence-corrected chi connectivity index (χ0v) is 14.3. The van der Waals surface area contributed by atoms with Gasteiger partial charge in [-0.15, -0.1) is 0 Å².